The van der Waals surface area contributed by atoms with Crippen molar-refractivity contribution in [3.63, 3.8) is 0 Å². The molecule has 0 bridgehead atoms. The number of hydrogen-bond donors (Lipinski definition) is 0. The third kappa shape index (κ3) is 3.19. The molecule has 0 aliphatic carbocycles. The average molecular weight is 142 g/mol. The predicted molar refractivity (Wildman–Crippen MR) is 35.5 cm³/mol. The second-order valence-electron chi connectivity index (χ2n) is 1.51. The van der Waals surface area contributed by atoms with Crippen LogP contribution in [0.4, 0.5) is 0 Å². The van der Waals surface area contributed by atoms with Gasteiger partial charge in [-0.1, -0.05) is 24.1 Å². The molecule has 0 spiro atoms. The Morgan fingerprint density at radius 2 is 1.78 bits per heavy atom. The molecule has 0 N–H and O–H groups in total. The molecule has 0 heterocycles. The summed E-state index contributed by atoms with van der Waals surface area (Å²) in [6.45, 7) is 0. The van der Waals surface area contributed by atoms with Crippen LogP contribution in [0.15, 0.2) is 30.3 Å². The third-order valence-electron chi connectivity index (χ3n) is 0.940. The fourth-order valence-electron chi connectivity index (χ4n) is 0.534. The molecule has 0 amide bonds. The molecule has 0 saturated carbocycles. The average Bonchev–Trinajstić information content (AvgIpc) is 1.90. The van der Waals surface area contributed by atoms with E-state index in [0.29, 0.717) is 0 Å². The molecule has 1 aromatic carbocycles. The van der Waals surface area contributed by atoms with Gasteiger partial charge in [0.25, 0.3) is 0 Å². The van der Waals surface area contributed by atoms with Crippen LogP contribution >= 0.6 is 0 Å². The van der Waals surface area contributed by atoms with Gasteiger partial charge >= 0.3 is 51.4 Å². The molecule has 0 aliphatic rings. The molecule has 9 heavy (non-hydrogen) atoms. The van der Waals surface area contributed by atoms with Gasteiger partial charge in [0.1, 0.15) is 0 Å². The Kier molecular flexibility index (Phi) is 5.46. The van der Waals surface area contributed by atoms with Crippen LogP contribution in [-0.4, -0.2) is 0 Å². The molecular weight excluding hydrogens is 135 g/mol. The van der Waals surface area contributed by atoms with Crippen LogP contribution in [0, 0.1) is 12.3 Å². The predicted octanol–water partition coefficient (Wildman–Crippen LogP) is -1.22. The SMILES string of the molecule is C#Cc1ccccc1.[H-].[K+]. The molecule has 40 valence electrons. The zero-order valence-electron chi connectivity index (χ0n) is 6.46. The quantitative estimate of drug-likeness (QED) is 0.315. The van der Waals surface area contributed by atoms with Crippen LogP contribution in [0.25, 0.3) is 0 Å². The second-order valence-corrected chi connectivity index (χ2v) is 1.51. The van der Waals surface area contributed by atoms with Crippen molar-refractivity contribution in [3.8, 4) is 12.3 Å². The first-order valence-corrected chi connectivity index (χ1v) is 2.45. The van der Waals surface area contributed by atoms with Crippen molar-refractivity contribution in [2.75, 3.05) is 0 Å². The fraction of sp³-hybridized carbons (Fsp3) is 0. The van der Waals surface area contributed by atoms with Crippen LogP contribution in [0.5, 0.6) is 0 Å². The molecule has 0 radical (unpaired) electrons. The first-order valence-electron chi connectivity index (χ1n) is 2.45. The maximum Gasteiger partial charge on any atom is 1.00 e. The monoisotopic (exact) mass is 142 g/mol. The Labute approximate surface area is 99.6 Å². The van der Waals surface area contributed by atoms with Gasteiger partial charge in [0.2, 0.25) is 0 Å². The first kappa shape index (κ1) is 9.42. The minimum Gasteiger partial charge on any atom is -1.00 e. The molecule has 1 aromatic rings. The topological polar surface area (TPSA) is 0 Å². The van der Waals surface area contributed by atoms with Gasteiger partial charge in [-0.2, -0.15) is 0 Å². The maximum absolute atomic E-state index is 5.10. The number of terminal acetylenes is 1. The van der Waals surface area contributed by atoms with Gasteiger partial charge in [-0.15, -0.1) is 6.42 Å². The van der Waals surface area contributed by atoms with E-state index in [4.69, 9.17) is 6.42 Å². The molecule has 0 atom stereocenters. The molecule has 0 saturated heterocycles. The van der Waals surface area contributed by atoms with E-state index in [-0.39, 0.29) is 52.8 Å². The standard InChI is InChI=1S/C8H6.K.H/c1-2-8-6-4-3-5-7-8;;/h1,3-7H;;/q;+1;-1. The van der Waals surface area contributed by atoms with Crippen LogP contribution in [0.2, 0.25) is 0 Å². The van der Waals surface area contributed by atoms with Crippen molar-refractivity contribution in [3.05, 3.63) is 35.9 Å². The zero-order valence-corrected chi connectivity index (χ0v) is 8.59. The van der Waals surface area contributed by atoms with Gasteiger partial charge in [0, 0.05) is 5.56 Å². The van der Waals surface area contributed by atoms with E-state index in [2.05, 4.69) is 5.92 Å². The van der Waals surface area contributed by atoms with Crippen LogP contribution in [0.3, 0.4) is 0 Å². The fourth-order valence-corrected chi connectivity index (χ4v) is 0.534. The molecule has 1 heteroatoms. The van der Waals surface area contributed by atoms with Crippen molar-refractivity contribution in [2.24, 2.45) is 0 Å². The van der Waals surface area contributed by atoms with E-state index in [1.54, 1.807) is 0 Å². The minimum absolute atomic E-state index is 0. The summed E-state index contributed by atoms with van der Waals surface area (Å²) < 4.78 is 0. The van der Waals surface area contributed by atoms with Crippen molar-refractivity contribution in [2.45, 2.75) is 0 Å². The van der Waals surface area contributed by atoms with E-state index >= 15 is 0 Å². The Bertz CT molecular complexity index is 200. The molecule has 0 aliphatic heterocycles. The number of benzene rings is 1. The van der Waals surface area contributed by atoms with Gasteiger partial charge in [0.05, 0.1) is 0 Å². The normalized spacial score (nSPS) is 7.00. The number of rotatable bonds is 0. The van der Waals surface area contributed by atoms with E-state index in [1.165, 1.54) is 0 Å². The summed E-state index contributed by atoms with van der Waals surface area (Å²) in [5, 5.41) is 0. The second kappa shape index (κ2) is 5.22. The summed E-state index contributed by atoms with van der Waals surface area (Å²) in [5.74, 6) is 2.53. The summed E-state index contributed by atoms with van der Waals surface area (Å²) in [4.78, 5) is 0. The Morgan fingerprint density at radius 1 is 1.22 bits per heavy atom. The molecule has 1 rings (SSSR count). The summed E-state index contributed by atoms with van der Waals surface area (Å²) >= 11 is 0. The van der Waals surface area contributed by atoms with Gasteiger partial charge in [0.15, 0.2) is 0 Å². The van der Waals surface area contributed by atoms with Gasteiger partial charge in [-0.3, -0.25) is 0 Å². The zero-order chi connectivity index (χ0) is 5.82. The van der Waals surface area contributed by atoms with E-state index < -0.39 is 0 Å². The van der Waals surface area contributed by atoms with Gasteiger partial charge in [-0.05, 0) is 12.1 Å². The third-order valence-corrected chi connectivity index (χ3v) is 0.940. The van der Waals surface area contributed by atoms with Crippen molar-refractivity contribution in [1.29, 1.82) is 0 Å². The number of hydrogen-bond acceptors (Lipinski definition) is 0. The van der Waals surface area contributed by atoms with Crippen LogP contribution in [0.1, 0.15) is 6.99 Å². The van der Waals surface area contributed by atoms with E-state index in [9.17, 15) is 0 Å². The Morgan fingerprint density at radius 3 is 2.11 bits per heavy atom. The summed E-state index contributed by atoms with van der Waals surface area (Å²) in [6.07, 6.45) is 5.10. The van der Waals surface area contributed by atoms with Crippen LogP contribution < -0.4 is 51.4 Å². The van der Waals surface area contributed by atoms with Crippen LogP contribution in [-0.2, 0) is 0 Å². The molecule has 0 nitrogen and oxygen atoms in total. The molecule has 0 unspecified atom stereocenters. The van der Waals surface area contributed by atoms with E-state index in [0.717, 1.165) is 5.56 Å². The summed E-state index contributed by atoms with van der Waals surface area (Å²) in [6, 6.07) is 9.60. The molecule has 0 aromatic heterocycles. The van der Waals surface area contributed by atoms with Crippen molar-refractivity contribution in [1.82, 2.24) is 0 Å². The molecule has 0 fully saturated rings. The van der Waals surface area contributed by atoms with Crippen molar-refractivity contribution >= 4 is 0 Å². The summed E-state index contributed by atoms with van der Waals surface area (Å²) in [5.41, 5.74) is 0.938. The van der Waals surface area contributed by atoms with Gasteiger partial charge in [-0.25, -0.2) is 0 Å². The smallest absolute Gasteiger partial charge is 1.00 e. The van der Waals surface area contributed by atoms with Crippen molar-refractivity contribution < 1.29 is 52.8 Å². The van der Waals surface area contributed by atoms with Gasteiger partial charge < -0.3 is 1.43 Å². The summed E-state index contributed by atoms with van der Waals surface area (Å²) in [7, 11) is 0. The van der Waals surface area contributed by atoms with E-state index in [1.807, 2.05) is 30.3 Å². The maximum atomic E-state index is 5.10. The minimum atomic E-state index is 0. The first-order chi connectivity index (χ1) is 3.93. The largest absolute Gasteiger partial charge is 1.00 e. The molecular formula is C8H7K. The Hall–Kier alpha value is 0.416. The Balaban J connectivity index is 0.